The number of aryl methyl sites for hydroxylation is 1. The number of carboxylic acids is 1. The molecular formula is C13H18FNO5S. The van der Waals surface area contributed by atoms with Crippen LogP contribution in [0.25, 0.3) is 0 Å². The predicted octanol–water partition coefficient (Wildman–Crippen LogP) is 1.54. The first kappa shape index (κ1) is 17.5. The summed E-state index contributed by atoms with van der Waals surface area (Å²) in [5, 5.41) is 8.92. The molecule has 1 atom stereocenters. The van der Waals surface area contributed by atoms with Gasteiger partial charge in [0.2, 0.25) is 10.0 Å². The molecule has 8 heteroatoms. The molecule has 0 amide bonds. The predicted molar refractivity (Wildman–Crippen MR) is 74.4 cm³/mol. The molecule has 0 aromatic heterocycles. The second-order valence-electron chi connectivity index (χ2n) is 4.59. The third kappa shape index (κ3) is 4.23. The highest BCUT2D eigenvalue weighted by atomic mass is 32.2. The normalized spacial score (nSPS) is 13.1. The standard InChI is InChI=1S/C13H18FNO5S/c1-4-9(7-20-3)15-21(18,19)10-5-8(2)12(14)11(6-10)13(16)17/h5-6,9,15H,4,7H2,1-3H3,(H,16,17). The third-order valence-corrected chi connectivity index (χ3v) is 4.45. The molecule has 0 saturated heterocycles. The van der Waals surface area contributed by atoms with E-state index in [2.05, 4.69) is 4.72 Å². The van der Waals surface area contributed by atoms with Crippen LogP contribution in [-0.2, 0) is 14.8 Å². The molecular weight excluding hydrogens is 301 g/mol. The maximum atomic E-state index is 13.7. The summed E-state index contributed by atoms with van der Waals surface area (Å²) < 4.78 is 45.4. The molecule has 2 N–H and O–H groups in total. The molecule has 1 unspecified atom stereocenters. The minimum Gasteiger partial charge on any atom is -0.478 e. The molecule has 0 spiro atoms. The molecule has 0 fully saturated rings. The van der Waals surface area contributed by atoms with Crippen molar-refractivity contribution in [2.75, 3.05) is 13.7 Å². The molecule has 0 aliphatic heterocycles. The van der Waals surface area contributed by atoms with E-state index in [1.165, 1.54) is 14.0 Å². The zero-order valence-electron chi connectivity index (χ0n) is 12.0. The summed E-state index contributed by atoms with van der Waals surface area (Å²) in [6.45, 7) is 3.28. The van der Waals surface area contributed by atoms with E-state index in [4.69, 9.17) is 9.84 Å². The lowest BCUT2D eigenvalue weighted by molar-refractivity contribution is 0.0691. The Morgan fingerprint density at radius 3 is 2.57 bits per heavy atom. The number of benzene rings is 1. The van der Waals surface area contributed by atoms with Crippen molar-refractivity contribution in [2.45, 2.75) is 31.2 Å². The van der Waals surface area contributed by atoms with Crippen molar-refractivity contribution in [2.24, 2.45) is 0 Å². The van der Waals surface area contributed by atoms with Gasteiger partial charge in [0.15, 0.2) is 0 Å². The first-order chi connectivity index (χ1) is 9.72. The Bertz CT molecular complexity index is 630. The number of aromatic carboxylic acids is 1. The molecule has 0 saturated carbocycles. The van der Waals surface area contributed by atoms with Crippen LogP contribution < -0.4 is 4.72 Å². The van der Waals surface area contributed by atoms with Crippen molar-refractivity contribution in [1.29, 1.82) is 0 Å². The molecule has 0 radical (unpaired) electrons. The van der Waals surface area contributed by atoms with Gasteiger partial charge in [0, 0.05) is 13.2 Å². The van der Waals surface area contributed by atoms with Gasteiger partial charge in [-0.25, -0.2) is 22.3 Å². The van der Waals surface area contributed by atoms with Gasteiger partial charge in [-0.1, -0.05) is 6.92 Å². The Balaban J connectivity index is 3.23. The van der Waals surface area contributed by atoms with E-state index < -0.39 is 33.4 Å². The average Bonchev–Trinajstić information content (AvgIpc) is 2.40. The summed E-state index contributed by atoms with van der Waals surface area (Å²) in [7, 11) is -2.50. The zero-order valence-corrected chi connectivity index (χ0v) is 12.8. The first-order valence-corrected chi connectivity index (χ1v) is 7.76. The van der Waals surface area contributed by atoms with Gasteiger partial charge in [-0.15, -0.1) is 0 Å². The summed E-state index contributed by atoms with van der Waals surface area (Å²) in [5.41, 5.74) is -0.717. The van der Waals surface area contributed by atoms with Gasteiger partial charge in [-0.2, -0.15) is 0 Å². The maximum Gasteiger partial charge on any atom is 0.338 e. The maximum absolute atomic E-state index is 13.7. The quantitative estimate of drug-likeness (QED) is 0.795. The van der Waals surface area contributed by atoms with Gasteiger partial charge in [0.05, 0.1) is 17.1 Å². The van der Waals surface area contributed by atoms with Crippen LogP contribution in [0, 0.1) is 12.7 Å². The second-order valence-corrected chi connectivity index (χ2v) is 6.30. The molecule has 21 heavy (non-hydrogen) atoms. The SMILES string of the molecule is CCC(COC)NS(=O)(=O)c1cc(C)c(F)c(C(=O)O)c1. The topological polar surface area (TPSA) is 92.7 Å². The highest BCUT2D eigenvalue weighted by Crippen LogP contribution is 2.20. The lowest BCUT2D eigenvalue weighted by atomic mass is 10.1. The highest BCUT2D eigenvalue weighted by Gasteiger charge is 2.23. The van der Waals surface area contributed by atoms with E-state index >= 15 is 0 Å². The van der Waals surface area contributed by atoms with E-state index in [0.29, 0.717) is 6.42 Å². The van der Waals surface area contributed by atoms with Gasteiger partial charge in [0.1, 0.15) is 5.82 Å². The summed E-state index contributed by atoms with van der Waals surface area (Å²) in [5.74, 6) is -2.46. The third-order valence-electron chi connectivity index (χ3n) is 2.95. The molecule has 1 aromatic rings. The largest absolute Gasteiger partial charge is 0.478 e. The average molecular weight is 319 g/mol. The number of nitrogens with one attached hydrogen (secondary N) is 1. The number of hydrogen-bond acceptors (Lipinski definition) is 4. The fourth-order valence-corrected chi connectivity index (χ4v) is 3.19. The summed E-state index contributed by atoms with van der Waals surface area (Å²) in [6.07, 6.45) is 0.499. The number of hydrogen-bond donors (Lipinski definition) is 2. The number of ether oxygens (including phenoxy) is 1. The lowest BCUT2D eigenvalue weighted by Crippen LogP contribution is -2.37. The number of carboxylic acid groups (broad SMARTS) is 1. The van der Waals surface area contributed by atoms with Gasteiger partial charge in [0.25, 0.3) is 0 Å². The molecule has 0 bridgehead atoms. The Morgan fingerprint density at radius 1 is 1.48 bits per heavy atom. The number of rotatable bonds is 7. The van der Waals surface area contributed by atoms with Crippen LogP contribution in [0.3, 0.4) is 0 Å². The molecule has 1 rings (SSSR count). The lowest BCUT2D eigenvalue weighted by Gasteiger charge is -2.16. The van der Waals surface area contributed by atoms with E-state index in [0.717, 1.165) is 12.1 Å². The molecule has 0 aliphatic rings. The van der Waals surface area contributed by atoms with Gasteiger partial charge in [-0.05, 0) is 31.0 Å². The van der Waals surface area contributed by atoms with E-state index in [9.17, 15) is 17.6 Å². The van der Waals surface area contributed by atoms with Gasteiger partial charge in [-0.3, -0.25) is 0 Å². The molecule has 6 nitrogen and oxygen atoms in total. The second kappa shape index (κ2) is 6.97. The molecule has 0 heterocycles. The number of halogens is 1. The fourth-order valence-electron chi connectivity index (χ4n) is 1.77. The van der Waals surface area contributed by atoms with Crippen molar-refractivity contribution in [3.05, 3.63) is 29.1 Å². The van der Waals surface area contributed by atoms with E-state index in [1.807, 2.05) is 0 Å². The van der Waals surface area contributed by atoms with E-state index in [1.54, 1.807) is 6.92 Å². The van der Waals surface area contributed by atoms with Crippen LogP contribution in [0.15, 0.2) is 17.0 Å². The monoisotopic (exact) mass is 319 g/mol. The van der Waals surface area contributed by atoms with Gasteiger partial charge < -0.3 is 9.84 Å². The van der Waals surface area contributed by atoms with Gasteiger partial charge >= 0.3 is 5.97 Å². The summed E-state index contributed by atoms with van der Waals surface area (Å²) in [4.78, 5) is 10.7. The van der Waals surface area contributed by atoms with Crippen molar-refractivity contribution in [1.82, 2.24) is 4.72 Å². The minimum absolute atomic E-state index is 0.0462. The minimum atomic E-state index is -3.95. The highest BCUT2D eigenvalue weighted by molar-refractivity contribution is 7.89. The zero-order chi connectivity index (χ0) is 16.2. The molecule has 1 aromatic carbocycles. The number of carbonyl (C=O) groups is 1. The Kier molecular flexibility index (Phi) is 5.82. The van der Waals surface area contributed by atoms with Crippen molar-refractivity contribution < 1.29 is 27.4 Å². The smallest absolute Gasteiger partial charge is 0.338 e. The fraction of sp³-hybridized carbons (Fsp3) is 0.462. The Morgan fingerprint density at radius 2 is 2.10 bits per heavy atom. The van der Waals surface area contributed by atoms with Crippen LogP contribution >= 0.6 is 0 Å². The number of sulfonamides is 1. The van der Waals surface area contributed by atoms with Crippen LogP contribution in [-0.4, -0.2) is 39.3 Å². The Hall–Kier alpha value is -1.51. The molecule has 118 valence electrons. The van der Waals surface area contributed by atoms with Crippen molar-refractivity contribution in [3.63, 3.8) is 0 Å². The van der Waals surface area contributed by atoms with Crippen LogP contribution in [0.4, 0.5) is 4.39 Å². The van der Waals surface area contributed by atoms with Crippen molar-refractivity contribution in [3.8, 4) is 0 Å². The van der Waals surface area contributed by atoms with E-state index in [-0.39, 0.29) is 17.1 Å². The number of methoxy groups -OCH3 is 1. The van der Waals surface area contributed by atoms with Crippen LogP contribution in [0.1, 0.15) is 29.3 Å². The van der Waals surface area contributed by atoms with Crippen molar-refractivity contribution >= 4 is 16.0 Å². The molecule has 0 aliphatic carbocycles. The first-order valence-electron chi connectivity index (χ1n) is 6.27. The summed E-state index contributed by atoms with van der Waals surface area (Å²) >= 11 is 0. The van der Waals surface area contributed by atoms with Crippen LogP contribution in [0.2, 0.25) is 0 Å². The summed E-state index contributed by atoms with van der Waals surface area (Å²) in [6, 6.07) is 1.47. The Labute approximate surface area is 123 Å². The van der Waals surface area contributed by atoms with Crippen LogP contribution in [0.5, 0.6) is 0 Å².